The van der Waals surface area contributed by atoms with E-state index in [0.717, 1.165) is 55.8 Å². The Hall–Kier alpha value is -3.18. The van der Waals surface area contributed by atoms with Crippen molar-refractivity contribution in [3.63, 3.8) is 0 Å². The van der Waals surface area contributed by atoms with Crippen LogP contribution in [0.3, 0.4) is 0 Å². The van der Waals surface area contributed by atoms with Crippen LogP contribution in [0.2, 0.25) is 0 Å². The fourth-order valence-electron chi connectivity index (χ4n) is 5.84. The number of alkyl halides is 2. The highest BCUT2D eigenvalue weighted by molar-refractivity contribution is 5.75. The number of hydrogen-bond donors (Lipinski definition) is 1. The molecular formula is C29H37F3N6O2. The third kappa shape index (κ3) is 5.81. The third-order valence-corrected chi connectivity index (χ3v) is 8.07. The maximum atomic E-state index is 15.2. The predicted octanol–water partition coefficient (Wildman–Crippen LogP) is 5.02. The van der Waals surface area contributed by atoms with E-state index >= 15 is 4.39 Å². The summed E-state index contributed by atoms with van der Waals surface area (Å²) in [4.78, 5) is 13.8. The van der Waals surface area contributed by atoms with Gasteiger partial charge in [-0.05, 0) is 84.9 Å². The van der Waals surface area contributed by atoms with Crippen LogP contribution in [-0.4, -0.2) is 79.4 Å². The monoisotopic (exact) mass is 558 g/mol. The minimum atomic E-state index is -2.31. The SMILES string of the molecule is CNCCCOc1ccc(F)c(-c2nc(-c3c(C)noc3C)c(C)c(N3CC4(CCN(CC(F)F)CC4)C3)n2)c1. The van der Waals surface area contributed by atoms with Crippen molar-refractivity contribution in [2.24, 2.45) is 5.41 Å². The molecule has 0 amide bonds. The smallest absolute Gasteiger partial charge is 0.251 e. The summed E-state index contributed by atoms with van der Waals surface area (Å²) >= 11 is 0. The van der Waals surface area contributed by atoms with Crippen LogP contribution >= 0.6 is 0 Å². The van der Waals surface area contributed by atoms with Crippen LogP contribution in [0.25, 0.3) is 22.6 Å². The molecule has 11 heteroatoms. The van der Waals surface area contributed by atoms with Gasteiger partial charge in [0.25, 0.3) is 6.43 Å². The van der Waals surface area contributed by atoms with Gasteiger partial charge in [0.15, 0.2) is 5.82 Å². The lowest BCUT2D eigenvalue weighted by Gasteiger charge is -2.54. The second-order valence-corrected chi connectivity index (χ2v) is 11.0. The number of hydrogen-bond acceptors (Lipinski definition) is 8. The Labute approximate surface area is 232 Å². The Morgan fingerprint density at radius 3 is 2.52 bits per heavy atom. The number of nitrogens with zero attached hydrogens (tertiary/aromatic N) is 5. The van der Waals surface area contributed by atoms with Gasteiger partial charge in [-0.3, -0.25) is 4.90 Å². The van der Waals surface area contributed by atoms with E-state index in [1.54, 1.807) is 12.1 Å². The molecule has 3 aromatic rings. The Balaban J connectivity index is 1.46. The van der Waals surface area contributed by atoms with Crippen molar-refractivity contribution >= 4 is 5.82 Å². The fraction of sp³-hybridized carbons (Fsp3) is 0.552. The summed E-state index contributed by atoms with van der Waals surface area (Å²) < 4.78 is 52.2. The van der Waals surface area contributed by atoms with Crippen molar-refractivity contribution in [3.05, 3.63) is 41.0 Å². The van der Waals surface area contributed by atoms with Crippen LogP contribution in [0.4, 0.5) is 19.0 Å². The lowest BCUT2D eigenvalue weighted by atomic mass is 9.72. The van der Waals surface area contributed by atoms with E-state index in [4.69, 9.17) is 19.2 Å². The molecule has 0 bridgehead atoms. The highest BCUT2D eigenvalue weighted by Crippen LogP contribution is 2.45. The quantitative estimate of drug-likeness (QED) is 0.348. The Bertz CT molecular complexity index is 1310. The molecule has 2 aliphatic rings. The first-order valence-corrected chi connectivity index (χ1v) is 13.8. The molecule has 4 heterocycles. The molecule has 40 heavy (non-hydrogen) atoms. The largest absolute Gasteiger partial charge is 0.494 e. The van der Waals surface area contributed by atoms with Crippen molar-refractivity contribution in [2.75, 3.05) is 57.8 Å². The number of anilines is 1. The predicted molar refractivity (Wildman–Crippen MR) is 147 cm³/mol. The van der Waals surface area contributed by atoms with Crippen LogP contribution in [0.1, 0.15) is 36.3 Å². The second-order valence-electron chi connectivity index (χ2n) is 11.0. The molecule has 0 unspecified atom stereocenters. The Kier molecular flexibility index (Phi) is 8.32. The molecule has 1 spiro atoms. The van der Waals surface area contributed by atoms with Gasteiger partial charge in [0.05, 0.1) is 35.7 Å². The van der Waals surface area contributed by atoms with Crippen LogP contribution in [0.5, 0.6) is 5.75 Å². The number of piperidine rings is 1. The van der Waals surface area contributed by atoms with Gasteiger partial charge in [0.1, 0.15) is 23.1 Å². The molecule has 8 nitrogen and oxygen atoms in total. The third-order valence-electron chi connectivity index (χ3n) is 8.07. The zero-order valence-corrected chi connectivity index (χ0v) is 23.6. The highest BCUT2D eigenvalue weighted by atomic mass is 19.3. The molecule has 2 fully saturated rings. The summed E-state index contributed by atoms with van der Waals surface area (Å²) in [5.41, 5.74) is 3.33. The van der Waals surface area contributed by atoms with Crippen molar-refractivity contribution in [2.45, 2.75) is 46.5 Å². The van der Waals surface area contributed by atoms with Crippen LogP contribution in [0.15, 0.2) is 22.7 Å². The van der Waals surface area contributed by atoms with Crippen molar-refractivity contribution < 1.29 is 22.4 Å². The van der Waals surface area contributed by atoms with E-state index in [9.17, 15) is 8.78 Å². The summed E-state index contributed by atoms with van der Waals surface area (Å²) in [6.45, 7) is 9.69. The minimum absolute atomic E-state index is 0.0751. The van der Waals surface area contributed by atoms with Crippen molar-refractivity contribution in [1.29, 1.82) is 0 Å². The number of ether oxygens (including phenoxy) is 1. The number of aromatic nitrogens is 3. The first-order chi connectivity index (χ1) is 19.2. The molecule has 216 valence electrons. The molecule has 2 aliphatic heterocycles. The minimum Gasteiger partial charge on any atom is -0.494 e. The first-order valence-electron chi connectivity index (χ1n) is 13.8. The average molecular weight is 559 g/mol. The first kappa shape index (κ1) is 28.4. The molecule has 0 atom stereocenters. The van der Waals surface area contributed by atoms with E-state index in [-0.39, 0.29) is 23.3 Å². The number of likely N-dealkylation sites (tertiary alicyclic amines) is 1. The normalized spacial score (nSPS) is 17.1. The molecule has 2 aromatic heterocycles. The molecule has 0 saturated carbocycles. The lowest BCUT2D eigenvalue weighted by molar-refractivity contribution is 0.0318. The zero-order chi connectivity index (χ0) is 28.4. The maximum absolute atomic E-state index is 15.2. The average Bonchev–Trinajstić information content (AvgIpc) is 3.24. The number of nitrogens with one attached hydrogen (secondary N) is 1. The van der Waals surface area contributed by atoms with Gasteiger partial charge >= 0.3 is 0 Å². The van der Waals surface area contributed by atoms with E-state index < -0.39 is 12.2 Å². The lowest BCUT2D eigenvalue weighted by Crippen LogP contribution is -2.61. The topological polar surface area (TPSA) is 79.5 Å². The molecule has 2 saturated heterocycles. The fourth-order valence-corrected chi connectivity index (χ4v) is 5.84. The van der Waals surface area contributed by atoms with E-state index in [1.165, 1.54) is 6.07 Å². The number of halogens is 3. The van der Waals surface area contributed by atoms with Crippen molar-refractivity contribution in [3.8, 4) is 28.4 Å². The van der Waals surface area contributed by atoms with Gasteiger partial charge in [-0.1, -0.05) is 5.16 Å². The standard InChI is InChI=1S/C29H37F3N6O2/c1-18-26(25-19(2)36-40-20(25)3)34-27(22-14-21(6-7-23(22)30)39-13-5-10-33-4)35-28(18)38-16-29(17-38)8-11-37(12-9-29)15-24(31)32/h6-7,14,24,33H,5,8-13,15-17H2,1-4H3. The molecule has 0 aliphatic carbocycles. The maximum Gasteiger partial charge on any atom is 0.251 e. The molecule has 5 rings (SSSR count). The Morgan fingerprint density at radius 1 is 1.12 bits per heavy atom. The van der Waals surface area contributed by atoms with E-state index in [2.05, 4.69) is 15.4 Å². The molecule has 0 radical (unpaired) electrons. The van der Waals surface area contributed by atoms with Crippen LogP contribution in [-0.2, 0) is 0 Å². The van der Waals surface area contributed by atoms with Gasteiger partial charge in [0, 0.05) is 24.1 Å². The van der Waals surface area contributed by atoms with Crippen LogP contribution in [0, 0.1) is 32.0 Å². The summed E-state index contributed by atoms with van der Waals surface area (Å²) in [7, 11) is 1.88. The van der Waals surface area contributed by atoms with Gasteiger partial charge in [0.2, 0.25) is 0 Å². The van der Waals surface area contributed by atoms with E-state index in [1.807, 2.05) is 32.7 Å². The van der Waals surface area contributed by atoms with Crippen molar-refractivity contribution in [1.82, 2.24) is 25.3 Å². The summed E-state index contributed by atoms with van der Waals surface area (Å²) in [6, 6.07) is 4.64. The van der Waals surface area contributed by atoms with Gasteiger partial charge in [-0.2, -0.15) is 0 Å². The number of benzene rings is 1. The number of aryl methyl sites for hydroxylation is 2. The highest BCUT2D eigenvalue weighted by Gasteiger charge is 2.46. The summed E-state index contributed by atoms with van der Waals surface area (Å²) in [6.07, 6.45) is 0.243. The van der Waals surface area contributed by atoms with Crippen LogP contribution < -0.4 is 15.0 Å². The van der Waals surface area contributed by atoms with E-state index in [0.29, 0.717) is 42.6 Å². The van der Waals surface area contributed by atoms with Gasteiger partial charge < -0.3 is 19.5 Å². The molecular weight excluding hydrogens is 521 g/mol. The second kappa shape index (κ2) is 11.7. The van der Waals surface area contributed by atoms with Gasteiger partial charge in [-0.15, -0.1) is 0 Å². The zero-order valence-electron chi connectivity index (χ0n) is 23.6. The number of rotatable bonds is 10. The summed E-state index contributed by atoms with van der Waals surface area (Å²) in [5.74, 6) is 1.75. The molecule has 1 aromatic carbocycles. The molecule has 1 N–H and O–H groups in total. The Morgan fingerprint density at radius 2 is 1.88 bits per heavy atom. The van der Waals surface area contributed by atoms with Gasteiger partial charge in [-0.25, -0.2) is 23.1 Å². The summed E-state index contributed by atoms with van der Waals surface area (Å²) in [5, 5.41) is 7.20.